The first-order valence-corrected chi connectivity index (χ1v) is 21.3. The number of dihydropyridines is 2. The Bertz CT molecular complexity index is 2410. The molecule has 13 nitrogen and oxygen atoms in total. The van der Waals surface area contributed by atoms with E-state index in [1.54, 1.807) is 25.1 Å². The number of allylic oxidation sites excluding steroid dienone is 5. The lowest BCUT2D eigenvalue weighted by Gasteiger charge is -2.49. The SMILES string of the molecule is CC=C(CNCC)C(=O)OC1Cc2c3c(c4oc(CO)cc(=O)c4c2O)C2Cc4cc(O)ccc4CCC(CC(CC4=CNC(NCC)C=C4)C1(C)O3)C1=C(N)NCC=C12. The average molecular weight is 820 g/mol. The number of rotatable bonds is 10. The second-order valence-corrected chi connectivity index (χ2v) is 16.7. The first-order chi connectivity index (χ1) is 29.0. The van der Waals surface area contributed by atoms with Crippen LogP contribution in [0.3, 0.4) is 0 Å². The van der Waals surface area contributed by atoms with Gasteiger partial charge < -0.3 is 50.9 Å². The van der Waals surface area contributed by atoms with Crippen molar-refractivity contribution in [2.24, 2.45) is 17.6 Å². The predicted molar refractivity (Wildman–Crippen MR) is 229 cm³/mol. The van der Waals surface area contributed by atoms with E-state index in [1.807, 2.05) is 26.1 Å². The molecule has 3 aromatic rings. The Balaban J connectivity index is 1.43. The molecule has 60 heavy (non-hydrogen) atoms. The van der Waals surface area contributed by atoms with E-state index in [1.165, 1.54) is 6.07 Å². The lowest BCUT2D eigenvalue weighted by Crippen LogP contribution is -2.57. The number of aromatic hydroxyl groups is 2. The Hall–Kier alpha value is -5.50. The van der Waals surface area contributed by atoms with E-state index < -0.39 is 35.6 Å². The molecule has 8 rings (SSSR count). The van der Waals surface area contributed by atoms with Crippen molar-refractivity contribution in [3.8, 4) is 17.2 Å². The zero-order valence-corrected chi connectivity index (χ0v) is 34.8. The van der Waals surface area contributed by atoms with Crippen LogP contribution in [0, 0.1) is 11.8 Å². The maximum absolute atomic E-state index is 14.2. The van der Waals surface area contributed by atoms with Crippen molar-refractivity contribution in [1.29, 1.82) is 0 Å². The Labute approximate surface area is 350 Å². The van der Waals surface area contributed by atoms with Gasteiger partial charge in [-0.1, -0.05) is 38.1 Å². The van der Waals surface area contributed by atoms with Crippen molar-refractivity contribution >= 4 is 16.9 Å². The average Bonchev–Trinajstić information content (AvgIpc) is 3.29. The molecular weight excluding hydrogens is 763 g/mol. The van der Waals surface area contributed by atoms with Crippen LogP contribution in [0.4, 0.5) is 0 Å². The van der Waals surface area contributed by atoms with Crippen LogP contribution in [0.5, 0.6) is 17.2 Å². The Morgan fingerprint density at radius 2 is 1.98 bits per heavy atom. The molecule has 5 aliphatic rings. The van der Waals surface area contributed by atoms with Crippen molar-refractivity contribution in [2.75, 3.05) is 26.2 Å². The first kappa shape index (κ1) is 41.2. The third kappa shape index (κ3) is 7.47. The molecule has 1 aromatic heterocycles. The monoisotopic (exact) mass is 819 g/mol. The smallest absolute Gasteiger partial charge is 0.335 e. The van der Waals surface area contributed by atoms with Gasteiger partial charge in [0.15, 0.2) is 5.43 Å². The highest BCUT2D eigenvalue weighted by molar-refractivity contribution is 5.92. The number of carbonyl (C=O) groups excluding carboxylic acids is 1. The maximum atomic E-state index is 14.2. The molecule has 6 atom stereocenters. The fourth-order valence-corrected chi connectivity index (χ4v) is 10.0. The van der Waals surface area contributed by atoms with Crippen LogP contribution in [-0.2, 0) is 35.4 Å². The topological polar surface area (TPSA) is 201 Å². The number of aliphatic hydroxyl groups excluding tert-OH is 1. The number of fused-ring (bicyclic) bond motifs is 5. The van der Waals surface area contributed by atoms with E-state index in [0.717, 1.165) is 40.8 Å². The molecule has 0 amide bonds. The maximum Gasteiger partial charge on any atom is 0.335 e. The molecule has 0 saturated heterocycles. The zero-order valence-electron chi connectivity index (χ0n) is 34.8. The third-order valence-corrected chi connectivity index (χ3v) is 13.2. The molecule has 1 aliphatic carbocycles. The number of esters is 1. The summed E-state index contributed by atoms with van der Waals surface area (Å²) < 4.78 is 20.5. The number of nitrogens with two attached hydrogens (primary N) is 1. The number of carbonyl (C=O) groups is 1. The van der Waals surface area contributed by atoms with E-state index in [9.17, 15) is 24.9 Å². The van der Waals surface area contributed by atoms with Crippen LogP contribution < -0.4 is 37.2 Å². The van der Waals surface area contributed by atoms with E-state index in [0.29, 0.717) is 73.6 Å². The lowest BCUT2D eigenvalue weighted by atomic mass is 9.67. The van der Waals surface area contributed by atoms with E-state index in [-0.39, 0.29) is 52.7 Å². The quantitative estimate of drug-likeness (QED) is 0.102. The van der Waals surface area contributed by atoms with Crippen molar-refractivity contribution in [3.63, 3.8) is 0 Å². The second kappa shape index (κ2) is 16.9. The lowest BCUT2D eigenvalue weighted by molar-refractivity contribution is -0.165. The van der Waals surface area contributed by atoms with Gasteiger partial charge in [-0.05, 0) is 111 Å². The fourth-order valence-electron chi connectivity index (χ4n) is 10.0. The molecule has 2 aromatic carbocycles. The molecule has 318 valence electrons. The number of hydrogen-bond donors (Lipinski definition) is 8. The van der Waals surface area contributed by atoms with Crippen LogP contribution in [0.25, 0.3) is 11.0 Å². The highest BCUT2D eigenvalue weighted by Crippen LogP contribution is 2.56. The Morgan fingerprint density at radius 1 is 1.15 bits per heavy atom. The number of benzene rings is 2. The van der Waals surface area contributed by atoms with Crippen LogP contribution in [0.2, 0.25) is 0 Å². The van der Waals surface area contributed by atoms with Crippen LogP contribution in [-0.4, -0.2) is 65.3 Å². The van der Waals surface area contributed by atoms with E-state index in [4.69, 9.17) is 19.6 Å². The van der Waals surface area contributed by atoms with Gasteiger partial charge >= 0.3 is 5.97 Å². The van der Waals surface area contributed by atoms with Crippen molar-refractivity contribution in [1.82, 2.24) is 21.3 Å². The summed E-state index contributed by atoms with van der Waals surface area (Å²) in [5.41, 5.74) is 11.7. The largest absolute Gasteiger partial charge is 0.508 e. The minimum Gasteiger partial charge on any atom is -0.508 e. The molecule has 5 heterocycles. The summed E-state index contributed by atoms with van der Waals surface area (Å²) in [5.74, 6) is -0.688. The summed E-state index contributed by atoms with van der Waals surface area (Å²) in [6.07, 6.45) is 12.2. The van der Waals surface area contributed by atoms with Crippen molar-refractivity contribution < 1.29 is 34.0 Å². The number of aryl methyl sites for hydroxylation is 1. The van der Waals surface area contributed by atoms with Gasteiger partial charge in [-0.15, -0.1) is 0 Å². The van der Waals surface area contributed by atoms with Gasteiger partial charge in [0.25, 0.3) is 0 Å². The fraction of sp³-hybridized carbons (Fsp3) is 0.447. The standard InChI is InChI=1S/C47H57N5O8/c1-5-26(23-49-6-2)46(57)59-37-21-35-42(56)41-36(55)20-32(24-53)58-44(41)40-34-19-29-18-31(54)12-11-27(29)9-10-28(39-33(34)14-15-51-45(39)48)17-30(47(37,4)60-43(35)40)16-25-8-13-38(50-7-3)52-22-25/h5,8,11-14,18,20,22,28,30,34,37-38,49-54,56H,6-7,9-10,15-17,19,21,23-24,48H2,1-4H3. The number of aliphatic hydroxyl groups is 1. The Morgan fingerprint density at radius 3 is 2.72 bits per heavy atom. The van der Waals surface area contributed by atoms with Gasteiger partial charge in [0, 0.05) is 60.3 Å². The highest BCUT2D eigenvalue weighted by atomic mass is 16.6. The van der Waals surface area contributed by atoms with Gasteiger partial charge in [-0.2, -0.15) is 0 Å². The van der Waals surface area contributed by atoms with Crippen molar-refractivity contribution in [3.05, 3.63) is 121 Å². The zero-order chi connectivity index (χ0) is 42.3. The molecule has 0 saturated carbocycles. The molecule has 0 radical (unpaired) electrons. The molecule has 4 bridgehead atoms. The molecule has 6 unspecified atom stereocenters. The molecule has 9 N–H and O–H groups in total. The van der Waals surface area contributed by atoms with Gasteiger partial charge in [-0.3, -0.25) is 10.1 Å². The molecule has 4 aliphatic heterocycles. The second-order valence-electron chi connectivity index (χ2n) is 16.7. The van der Waals surface area contributed by atoms with Gasteiger partial charge in [0.1, 0.15) is 58.1 Å². The number of hydrogen-bond acceptors (Lipinski definition) is 13. The third-order valence-electron chi connectivity index (χ3n) is 13.2. The normalized spacial score (nSPS) is 25.9. The minimum absolute atomic E-state index is 0.0186. The van der Waals surface area contributed by atoms with Crippen LogP contribution >= 0.6 is 0 Å². The summed E-state index contributed by atoms with van der Waals surface area (Å²) >= 11 is 0. The molecular formula is C47H57N5O8. The summed E-state index contributed by atoms with van der Waals surface area (Å²) in [6, 6.07) is 6.69. The Kier molecular flexibility index (Phi) is 11.6. The summed E-state index contributed by atoms with van der Waals surface area (Å²) in [7, 11) is 0. The van der Waals surface area contributed by atoms with Crippen LogP contribution in [0.1, 0.15) is 80.9 Å². The minimum atomic E-state index is -1.20. The number of likely N-dealkylation sites (N-methyl/N-ethyl adjacent to an activating group) is 2. The summed E-state index contributed by atoms with van der Waals surface area (Å²) in [5, 5.41) is 47.0. The number of ether oxygens (including phenoxy) is 2. The highest BCUT2D eigenvalue weighted by Gasteiger charge is 2.54. The van der Waals surface area contributed by atoms with E-state index >= 15 is 0 Å². The van der Waals surface area contributed by atoms with Gasteiger partial charge in [0.05, 0.1) is 6.17 Å². The van der Waals surface area contributed by atoms with Crippen molar-refractivity contribution in [2.45, 2.75) is 96.6 Å². The summed E-state index contributed by atoms with van der Waals surface area (Å²) in [6.45, 7) is 9.53. The molecule has 0 spiro atoms. The molecule has 13 heteroatoms. The predicted octanol–water partition coefficient (Wildman–Crippen LogP) is 4.84. The van der Waals surface area contributed by atoms with Gasteiger partial charge in [-0.25, -0.2) is 4.79 Å². The first-order valence-electron chi connectivity index (χ1n) is 21.3. The number of nitrogens with one attached hydrogen (secondary N) is 4. The number of phenolic OH excluding ortho intramolecular Hbond substituents is 2. The van der Waals surface area contributed by atoms with Crippen LogP contribution in [0.15, 0.2) is 92.1 Å². The summed E-state index contributed by atoms with van der Waals surface area (Å²) in [4.78, 5) is 28.3. The van der Waals surface area contributed by atoms with Gasteiger partial charge in [0.2, 0.25) is 0 Å². The number of phenols is 2. The molecule has 0 fully saturated rings. The van der Waals surface area contributed by atoms with E-state index in [2.05, 4.69) is 46.4 Å².